The first-order valence-corrected chi connectivity index (χ1v) is 7.21. The summed E-state index contributed by atoms with van der Waals surface area (Å²) in [7, 11) is 0. The number of rotatable bonds is 1. The van der Waals surface area contributed by atoms with Gasteiger partial charge in [0.25, 0.3) is 0 Å². The van der Waals surface area contributed by atoms with E-state index in [-0.39, 0.29) is 6.03 Å². The number of carboxylic acids is 1. The Morgan fingerprint density at radius 1 is 1.12 bits per heavy atom. The van der Waals surface area contributed by atoms with Gasteiger partial charge in [-0.05, 0) is 19.3 Å². The molecule has 0 aromatic heterocycles. The molecule has 2 amide bonds. The first-order valence-electron chi connectivity index (χ1n) is 6.06. The number of carbonyl (C=O) groups excluding carboxylic acids is 1. The molecule has 1 atom stereocenters. The number of likely N-dealkylation sites (tertiary alicyclic amines) is 1. The van der Waals surface area contributed by atoms with Crippen LogP contribution in [0, 0.1) is 0 Å². The van der Waals surface area contributed by atoms with Gasteiger partial charge in [-0.3, -0.25) is 0 Å². The quantitative estimate of drug-likeness (QED) is 0.765. The zero-order valence-electron chi connectivity index (χ0n) is 9.80. The van der Waals surface area contributed by atoms with Gasteiger partial charge in [-0.15, -0.1) is 0 Å². The molecule has 0 bridgehead atoms. The highest BCUT2D eigenvalue weighted by molar-refractivity contribution is 7.99. The molecule has 6 heteroatoms. The summed E-state index contributed by atoms with van der Waals surface area (Å²) in [5.74, 6) is 1.04. The topological polar surface area (TPSA) is 60.9 Å². The summed E-state index contributed by atoms with van der Waals surface area (Å²) in [6, 6.07) is -0.705. The molecule has 0 radical (unpaired) electrons. The lowest BCUT2D eigenvalue weighted by Gasteiger charge is -2.38. The number of hydrogen-bond acceptors (Lipinski definition) is 3. The molecule has 2 aliphatic rings. The monoisotopic (exact) mass is 258 g/mol. The Bertz CT molecular complexity index is 305. The SMILES string of the molecule is O=C(O)C1CCCCN1C(=O)N1CCSCC1. The molecule has 2 saturated heterocycles. The van der Waals surface area contributed by atoms with E-state index in [4.69, 9.17) is 5.11 Å². The molecule has 0 aliphatic carbocycles. The molecule has 0 aromatic carbocycles. The molecule has 1 unspecified atom stereocenters. The summed E-state index contributed by atoms with van der Waals surface area (Å²) >= 11 is 1.84. The fourth-order valence-electron chi connectivity index (χ4n) is 2.35. The number of carbonyl (C=O) groups is 2. The average Bonchev–Trinajstić information content (AvgIpc) is 2.39. The Kier molecular flexibility index (Phi) is 4.15. The van der Waals surface area contributed by atoms with Crippen LogP contribution in [-0.2, 0) is 4.79 Å². The summed E-state index contributed by atoms with van der Waals surface area (Å²) in [5.41, 5.74) is 0. The zero-order chi connectivity index (χ0) is 12.3. The lowest BCUT2D eigenvalue weighted by molar-refractivity contribution is -0.143. The molecule has 0 saturated carbocycles. The van der Waals surface area contributed by atoms with E-state index in [9.17, 15) is 9.59 Å². The van der Waals surface area contributed by atoms with Crippen LogP contribution in [0.2, 0.25) is 0 Å². The van der Waals surface area contributed by atoms with Crippen molar-refractivity contribution in [3.05, 3.63) is 0 Å². The Balaban J connectivity index is 2.02. The number of thioether (sulfide) groups is 1. The van der Waals surface area contributed by atoms with Crippen LogP contribution >= 0.6 is 11.8 Å². The third kappa shape index (κ3) is 2.86. The standard InChI is InChI=1S/C11H18N2O3S/c14-10(15)9-3-1-2-4-13(9)11(16)12-5-7-17-8-6-12/h9H,1-8H2,(H,14,15). The number of piperidine rings is 1. The first-order chi connectivity index (χ1) is 8.20. The van der Waals surface area contributed by atoms with Crippen molar-refractivity contribution in [1.29, 1.82) is 0 Å². The van der Waals surface area contributed by atoms with Gasteiger partial charge in [0.05, 0.1) is 0 Å². The molecule has 5 nitrogen and oxygen atoms in total. The van der Waals surface area contributed by atoms with Crippen molar-refractivity contribution >= 4 is 23.8 Å². The van der Waals surface area contributed by atoms with Crippen molar-refractivity contribution in [2.45, 2.75) is 25.3 Å². The highest BCUT2D eigenvalue weighted by Gasteiger charge is 2.34. The first kappa shape index (κ1) is 12.5. The number of nitrogens with zero attached hydrogens (tertiary/aromatic N) is 2. The maximum Gasteiger partial charge on any atom is 0.326 e. The number of urea groups is 1. The van der Waals surface area contributed by atoms with Crippen LogP contribution in [0.25, 0.3) is 0 Å². The second kappa shape index (κ2) is 5.62. The molecule has 96 valence electrons. The van der Waals surface area contributed by atoms with Crippen molar-refractivity contribution < 1.29 is 14.7 Å². The summed E-state index contributed by atoms with van der Waals surface area (Å²) in [5, 5.41) is 9.14. The van der Waals surface area contributed by atoms with Gasteiger partial charge in [0.2, 0.25) is 0 Å². The van der Waals surface area contributed by atoms with Gasteiger partial charge < -0.3 is 14.9 Å². The summed E-state index contributed by atoms with van der Waals surface area (Å²) in [6.07, 6.45) is 2.40. The summed E-state index contributed by atoms with van der Waals surface area (Å²) < 4.78 is 0. The van der Waals surface area contributed by atoms with Gasteiger partial charge in [-0.25, -0.2) is 9.59 Å². The number of hydrogen-bond donors (Lipinski definition) is 1. The van der Waals surface area contributed by atoms with Crippen molar-refractivity contribution in [3.8, 4) is 0 Å². The average molecular weight is 258 g/mol. The lowest BCUT2D eigenvalue weighted by atomic mass is 10.0. The van der Waals surface area contributed by atoms with E-state index >= 15 is 0 Å². The predicted molar refractivity (Wildman–Crippen MR) is 66.3 cm³/mol. The lowest BCUT2D eigenvalue weighted by Crippen LogP contribution is -2.54. The summed E-state index contributed by atoms with van der Waals surface area (Å²) in [4.78, 5) is 26.7. The fraction of sp³-hybridized carbons (Fsp3) is 0.818. The van der Waals surface area contributed by atoms with Crippen LogP contribution in [0.4, 0.5) is 4.79 Å². The molecular weight excluding hydrogens is 240 g/mol. The van der Waals surface area contributed by atoms with Crippen LogP contribution in [0.5, 0.6) is 0 Å². The van der Waals surface area contributed by atoms with E-state index in [0.717, 1.165) is 37.4 Å². The second-order valence-corrected chi connectivity index (χ2v) is 5.65. The van der Waals surface area contributed by atoms with E-state index in [1.54, 1.807) is 9.80 Å². The van der Waals surface area contributed by atoms with Crippen molar-refractivity contribution in [1.82, 2.24) is 9.80 Å². The smallest absolute Gasteiger partial charge is 0.326 e. The highest BCUT2D eigenvalue weighted by Crippen LogP contribution is 2.20. The third-order valence-corrected chi connectivity index (χ3v) is 4.26. The van der Waals surface area contributed by atoms with Crippen LogP contribution in [0.15, 0.2) is 0 Å². The van der Waals surface area contributed by atoms with E-state index in [1.807, 2.05) is 11.8 Å². The molecule has 17 heavy (non-hydrogen) atoms. The van der Waals surface area contributed by atoms with Crippen LogP contribution < -0.4 is 0 Å². The molecule has 2 rings (SSSR count). The second-order valence-electron chi connectivity index (χ2n) is 4.43. The Morgan fingerprint density at radius 3 is 2.47 bits per heavy atom. The maximum absolute atomic E-state index is 12.2. The van der Waals surface area contributed by atoms with Gasteiger partial charge in [0.1, 0.15) is 6.04 Å². The Labute approximate surface area is 105 Å². The minimum atomic E-state index is -0.871. The van der Waals surface area contributed by atoms with Crippen LogP contribution in [0.1, 0.15) is 19.3 Å². The number of carboxylic acid groups (broad SMARTS) is 1. The third-order valence-electron chi connectivity index (χ3n) is 3.32. The van der Waals surface area contributed by atoms with Gasteiger partial charge in [-0.1, -0.05) is 0 Å². The molecule has 1 N–H and O–H groups in total. The van der Waals surface area contributed by atoms with Gasteiger partial charge >= 0.3 is 12.0 Å². The normalized spacial score (nSPS) is 25.8. The largest absolute Gasteiger partial charge is 0.480 e. The molecule has 2 fully saturated rings. The van der Waals surface area contributed by atoms with Crippen LogP contribution in [0.3, 0.4) is 0 Å². The highest BCUT2D eigenvalue weighted by atomic mass is 32.2. The van der Waals surface area contributed by atoms with Gasteiger partial charge in [0.15, 0.2) is 0 Å². The van der Waals surface area contributed by atoms with Crippen molar-refractivity contribution in [3.63, 3.8) is 0 Å². The molecule has 2 aliphatic heterocycles. The van der Waals surface area contributed by atoms with Crippen molar-refractivity contribution in [2.24, 2.45) is 0 Å². The number of amides is 2. The molecular formula is C11H18N2O3S. The Hall–Kier alpha value is -0.910. The van der Waals surface area contributed by atoms with E-state index in [2.05, 4.69) is 0 Å². The Morgan fingerprint density at radius 2 is 1.82 bits per heavy atom. The minimum absolute atomic E-state index is 0.0857. The number of aliphatic carboxylic acids is 1. The maximum atomic E-state index is 12.2. The molecule has 2 heterocycles. The molecule has 0 aromatic rings. The van der Waals surface area contributed by atoms with Gasteiger partial charge in [0, 0.05) is 31.1 Å². The van der Waals surface area contributed by atoms with E-state index in [0.29, 0.717) is 13.0 Å². The predicted octanol–water partition coefficient (Wildman–Crippen LogP) is 1.09. The van der Waals surface area contributed by atoms with E-state index < -0.39 is 12.0 Å². The van der Waals surface area contributed by atoms with Crippen molar-refractivity contribution in [2.75, 3.05) is 31.1 Å². The fourth-order valence-corrected chi connectivity index (χ4v) is 3.26. The summed E-state index contributed by atoms with van der Waals surface area (Å²) in [6.45, 7) is 2.07. The van der Waals surface area contributed by atoms with Crippen LogP contribution in [-0.4, -0.2) is 64.1 Å². The van der Waals surface area contributed by atoms with E-state index in [1.165, 1.54) is 0 Å². The minimum Gasteiger partial charge on any atom is -0.480 e. The zero-order valence-corrected chi connectivity index (χ0v) is 10.6. The molecule has 0 spiro atoms. The van der Waals surface area contributed by atoms with Gasteiger partial charge in [-0.2, -0.15) is 11.8 Å².